The number of anilines is 1. The van der Waals surface area contributed by atoms with Crippen LogP contribution in [-0.4, -0.2) is 28.9 Å². The minimum atomic E-state index is 0.264. The van der Waals surface area contributed by atoms with E-state index in [1.807, 2.05) is 48.2 Å². The molecule has 0 saturated carbocycles. The van der Waals surface area contributed by atoms with E-state index in [1.165, 1.54) is 29.9 Å². The van der Waals surface area contributed by atoms with Crippen LogP contribution in [0.15, 0.2) is 85.0 Å². The molecule has 2 unspecified atom stereocenters. The van der Waals surface area contributed by atoms with E-state index in [0.717, 1.165) is 35.3 Å². The van der Waals surface area contributed by atoms with Gasteiger partial charge in [0, 0.05) is 18.8 Å². The highest BCUT2D eigenvalue weighted by Gasteiger charge is 2.35. The molecule has 0 radical (unpaired) electrons. The Bertz CT molecular complexity index is 1040. The van der Waals surface area contributed by atoms with Gasteiger partial charge >= 0.3 is 0 Å². The van der Waals surface area contributed by atoms with Crippen molar-refractivity contribution in [2.45, 2.75) is 50.7 Å². The number of rotatable bonds is 9. The van der Waals surface area contributed by atoms with Gasteiger partial charge in [0.2, 0.25) is 5.17 Å². The molecule has 0 aromatic heterocycles. The standard InChI is InChI=1S/C25H30N6S2/c1-4-7-8-22-17-23-24(32-22)26-25(33-23)30-29-19-11-9-18(10-12-19)27-28-20-13-15-21(16-14-20)31(5-2)6-3/h9-17,23-24H,4-8H2,1-3H3/b28-27+,30-29+. The fraction of sp³-hybridized carbons (Fsp3) is 0.400. The van der Waals surface area contributed by atoms with Crippen LogP contribution in [0.25, 0.3) is 0 Å². The van der Waals surface area contributed by atoms with Gasteiger partial charge in [0.05, 0.1) is 22.3 Å². The van der Waals surface area contributed by atoms with Gasteiger partial charge in [0.15, 0.2) is 0 Å². The summed E-state index contributed by atoms with van der Waals surface area (Å²) in [5, 5.41) is 18.8. The lowest BCUT2D eigenvalue weighted by molar-refractivity contribution is 0.808. The van der Waals surface area contributed by atoms with Crippen LogP contribution in [0.1, 0.15) is 40.0 Å². The number of aliphatic imine (C=N–C) groups is 1. The van der Waals surface area contributed by atoms with E-state index in [2.05, 4.69) is 64.3 Å². The highest BCUT2D eigenvalue weighted by Crippen LogP contribution is 2.46. The summed E-state index contributed by atoms with van der Waals surface area (Å²) in [6.45, 7) is 8.53. The molecule has 0 saturated heterocycles. The summed E-state index contributed by atoms with van der Waals surface area (Å²) in [5.41, 5.74) is 3.60. The zero-order valence-electron chi connectivity index (χ0n) is 19.4. The van der Waals surface area contributed by atoms with Crippen LogP contribution < -0.4 is 4.90 Å². The van der Waals surface area contributed by atoms with Crippen LogP contribution >= 0.6 is 23.5 Å². The van der Waals surface area contributed by atoms with Crippen LogP contribution in [0.3, 0.4) is 0 Å². The van der Waals surface area contributed by atoms with E-state index >= 15 is 0 Å². The summed E-state index contributed by atoms with van der Waals surface area (Å²) in [6.07, 6.45) is 6.01. The van der Waals surface area contributed by atoms with Crippen LogP contribution in [0, 0.1) is 0 Å². The van der Waals surface area contributed by atoms with Crippen molar-refractivity contribution in [3.63, 3.8) is 0 Å². The van der Waals surface area contributed by atoms with E-state index in [-0.39, 0.29) is 5.37 Å². The maximum Gasteiger partial charge on any atom is 0.206 e. The van der Waals surface area contributed by atoms with Crippen molar-refractivity contribution in [2.75, 3.05) is 18.0 Å². The van der Waals surface area contributed by atoms with Gasteiger partial charge in [-0.3, -0.25) is 0 Å². The molecule has 33 heavy (non-hydrogen) atoms. The first kappa shape index (κ1) is 23.7. The third-order valence-electron chi connectivity index (χ3n) is 5.52. The number of thioether (sulfide) groups is 2. The summed E-state index contributed by atoms with van der Waals surface area (Å²) < 4.78 is 0. The predicted octanol–water partition coefficient (Wildman–Crippen LogP) is 8.65. The zero-order valence-corrected chi connectivity index (χ0v) is 21.0. The fourth-order valence-corrected chi connectivity index (χ4v) is 6.21. The van der Waals surface area contributed by atoms with Crippen molar-refractivity contribution in [3.8, 4) is 0 Å². The van der Waals surface area contributed by atoms with Crippen LogP contribution in [0.5, 0.6) is 0 Å². The SMILES string of the molecule is CCCCC1=CC2SC(/N=N/c3ccc(/N=N/c4ccc(N(CC)CC)cc4)cc3)=NC2S1. The second kappa shape index (κ2) is 11.6. The van der Waals surface area contributed by atoms with E-state index in [4.69, 9.17) is 4.99 Å². The second-order valence-corrected chi connectivity index (χ2v) is 10.2. The Morgan fingerprint density at radius 3 is 1.91 bits per heavy atom. The largest absolute Gasteiger partial charge is 0.372 e. The smallest absolute Gasteiger partial charge is 0.206 e. The first-order chi connectivity index (χ1) is 16.2. The van der Waals surface area contributed by atoms with E-state index < -0.39 is 0 Å². The Hall–Kier alpha value is -2.45. The van der Waals surface area contributed by atoms with Gasteiger partial charge in [-0.25, -0.2) is 4.99 Å². The molecule has 0 bridgehead atoms. The molecule has 0 fully saturated rings. The van der Waals surface area contributed by atoms with Crippen LogP contribution in [-0.2, 0) is 0 Å². The summed E-state index contributed by atoms with van der Waals surface area (Å²) in [4.78, 5) is 8.50. The van der Waals surface area contributed by atoms with E-state index in [1.54, 1.807) is 11.8 Å². The second-order valence-electron chi connectivity index (χ2n) is 7.84. The minimum absolute atomic E-state index is 0.264. The number of hydrogen-bond donors (Lipinski definition) is 0. The number of nitrogens with zero attached hydrogens (tertiary/aromatic N) is 6. The maximum absolute atomic E-state index is 4.73. The van der Waals surface area contributed by atoms with Crippen molar-refractivity contribution in [1.29, 1.82) is 0 Å². The number of azo groups is 2. The average Bonchev–Trinajstić information content (AvgIpc) is 3.41. The Labute approximate surface area is 204 Å². The first-order valence-electron chi connectivity index (χ1n) is 11.6. The third kappa shape index (κ3) is 6.32. The first-order valence-corrected chi connectivity index (χ1v) is 13.3. The van der Waals surface area contributed by atoms with Gasteiger partial charge in [0.1, 0.15) is 5.37 Å². The molecule has 8 heteroatoms. The molecule has 4 rings (SSSR count). The number of allylic oxidation sites excluding steroid dienone is 1. The summed E-state index contributed by atoms with van der Waals surface area (Å²) in [6, 6.07) is 15.8. The lowest BCUT2D eigenvalue weighted by Gasteiger charge is -2.20. The molecule has 2 aromatic carbocycles. The van der Waals surface area contributed by atoms with Gasteiger partial charge in [-0.15, -0.1) is 22.0 Å². The molecule has 0 aliphatic carbocycles. The lowest BCUT2D eigenvalue weighted by Crippen LogP contribution is -2.21. The number of benzene rings is 2. The van der Waals surface area contributed by atoms with Gasteiger partial charge in [-0.1, -0.05) is 31.2 Å². The van der Waals surface area contributed by atoms with Gasteiger partial charge in [0.25, 0.3) is 0 Å². The molecule has 172 valence electrons. The summed E-state index contributed by atoms with van der Waals surface area (Å²) in [5.74, 6) is 0. The van der Waals surface area contributed by atoms with Crippen molar-refractivity contribution in [3.05, 3.63) is 59.5 Å². The molecule has 2 aliphatic heterocycles. The molecule has 2 aromatic rings. The fourth-order valence-electron chi connectivity index (χ4n) is 3.64. The number of hydrogen-bond acceptors (Lipinski definition) is 8. The van der Waals surface area contributed by atoms with Crippen molar-refractivity contribution in [1.82, 2.24) is 0 Å². The van der Waals surface area contributed by atoms with Gasteiger partial charge in [-0.2, -0.15) is 10.2 Å². The molecule has 6 nitrogen and oxygen atoms in total. The monoisotopic (exact) mass is 478 g/mol. The quantitative estimate of drug-likeness (QED) is 0.339. The Morgan fingerprint density at radius 2 is 1.36 bits per heavy atom. The highest BCUT2D eigenvalue weighted by atomic mass is 32.2. The molecule has 0 N–H and O–H groups in total. The highest BCUT2D eigenvalue weighted by molar-refractivity contribution is 8.16. The number of fused-ring (bicyclic) bond motifs is 1. The number of amidine groups is 1. The van der Waals surface area contributed by atoms with Crippen molar-refractivity contribution in [2.24, 2.45) is 25.4 Å². The minimum Gasteiger partial charge on any atom is -0.372 e. The Balaban J connectivity index is 1.30. The topological polar surface area (TPSA) is 65.0 Å². The Kier molecular flexibility index (Phi) is 8.34. The third-order valence-corrected chi connectivity index (χ3v) is 8.04. The molecule has 0 amide bonds. The van der Waals surface area contributed by atoms with Crippen molar-refractivity contribution >= 4 is 51.4 Å². The molecule has 2 heterocycles. The van der Waals surface area contributed by atoms with Crippen LogP contribution in [0.2, 0.25) is 0 Å². The summed E-state index contributed by atoms with van der Waals surface area (Å²) >= 11 is 3.59. The molecular weight excluding hydrogens is 448 g/mol. The van der Waals surface area contributed by atoms with Gasteiger partial charge < -0.3 is 4.90 Å². The summed E-state index contributed by atoms with van der Waals surface area (Å²) in [7, 11) is 0. The molecule has 0 spiro atoms. The van der Waals surface area contributed by atoms with Gasteiger partial charge in [-0.05, 0) is 80.1 Å². The average molecular weight is 479 g/mol. The van der Waals surface area contributed by atoms with Crippen LogP contribution in [0.4, 0.5) is 22.7 Å². The normalized spacial score (nSPS) is 19.8. The van der Waals surface area contributed by atoms with Crippen molar-refractivity contribution < 1.29 is 0 Å². The van der Waals surface area contributed by atoms with E-state index in [0.29, 0.717) is 5.25 Å². The zero-order chi connectivity index (χ0) is 23.0. The number of unbranched alkanes of at least 4 members (excludes halogenated alkanes) is 1. The maximum atomic E-state index is 4.73. The molecule has 2 atom stereocenters. The molecule has 2 aliphatic rings. The predicted molar refractivity (Wildman–Crippen MR) is 143 cm³/mol. The molecular formula is C25H30N6S2. The van der Waals surface area contributed by atoms with E-state index in [9.17, 15) is 0 Å². The Morgan fingerprint density at radius 1 is 0.788 bits per heavy atom. The lowest BCUT2D eigenvalue weighted by atomic mass is 10.2.